The number of nitrogens with one attached hydrogen (secondary N) is 9. The maximum atomic E-state index is 11.9. The van der Waals surface area contributed by atoms with Crippen LogP contribution in [0.25, 0.3) is 4.85 Å². The summed E-state index contributed by atoms with van der Waals surface area (Å²) in [4.78, 5) is 69.0. The zero-order valence-corrected chi connectivity index (χ0v) is 62.6. The molecule has 34 heteroatoms. The van der Waals surface area contributed by atoms with Crippen molar-refractivity contribution in [3.8, 4) is 0 Å². The van der Waals surface area contributed by atoms with E-state index in [1.54, 1.807) is 63.6 Å². The van der Waals surface area contributed by atoms with E-state index in [0.29, 0.717) is 117 Å². The van der Waals surface area contributed by atoms with Gasteiger partial charge in [-0.15, -0.1) is 0 Å². The number of hydrogen-bond acceptors (Lipinski definition) is 24. The molecule has 0 radical (unpaired) electrons. The normalized spacial score (nSPS) is 24.5. The molecule has 8 aromatic heterocycles. The van der Waals surface area contributed by atoms with Gasteiger partial charge in [-0.2, -0.15) is 35.3 Å². The van der Waals surface area contributed by atoms with Crippen molar-refractivity contribution in [3.05, 3.63) is 99.8 Å². The Kier molecular flexibility index (Phi) is 22.8. The zero-order valence-electron chi connectivity index (χ0n) is 60.3. The first kappa shape index (κ1) is 73.1. The molecule has 8 fully saturated rings. The van der Waals surface area contributed by atoms with Gasteiger partial charge < -0.3 is 62.6 Å². The van der Waals surface area contributed by atoms with E-state index in [9.17, 15) is 9.59 Å². The Balaban J connectivity index is 0.000000124. The van der Waals surface area contributed by atoms with Crippen LogP contribution in [0.5, 0.6) is 0 Å². The number of halogens is 3. The lowest BCUT2D eigenvalue weighted by Gasteiger charge is -2.27. The molecule has 4 aliphatic heterocycles. The Hall–Kier alpha value is -9.22. The van der Waals surface area contributed by atoms with Crippen LogP contribution in [0.3, 0.4) is 0 Å². The maximum Gasteiger partial charge on any atom is 0.246 e. The zero-order chi connectivity index (χ0) is 72.9. The Labute approximate surface area is 620 Å². The molecule has 0 bridgehead atoms. The SMILES string of the molecule is CCC(=O)N1CC2CC(Nc3nc(Nc4cnn(C)c4C)ncc3Cl)CC2C1.CN(c1nc(Nc2cnn(C)c2)ncc1Cl)C1CC2CNCC2C1.Cc1c(Nc2ncc(Cl)c(NC3CC4CNCC4C3)n2)cnn1C.[C-]#[N+]c1cnc(Nc2cnn(C)c2)nc1NC1CC2CN(C(=O)CC)CC2C1. The monoisotopic (exact) mass is 1480 g/mol. The molecule has 8 atom stereocenters. The van der Waals surface area contributed by atoms with E-state index in [4.69, 9.17) is 41.4 Å². The van der Waals surface area contributed by atoms with Crippen LogP contribution in [0.2, 0.25) is 15.1 Å². The third-order valence-electron chi connectivity index (χ3n) is 22.0. The third-order valence-corrected chi connectivity index (χ3v) is 22.8. The van der Waals surface area contributed by atoms with Crippen LogP contribution < -0.4 is 52.8 Å². The van der Waals surface area contributed by atoms with Crippen LogP contribution in [0.4, 0.5) is 75.5 Å². The first-order valence-electron chi connectivity index (χ1n) is 36.0. The minimum Gasteiger partial charge on any atom is -0.376 e. The predicted octanol–water partition coefficient (Wildman–Crippen LogP) is 9.90. The minimum atomic E-state index is 0.246. The Morgan fingerprint density at radius 2 is 0.875 bits per heavy atom. The molecule has 8 aromatic rings. The lowest BCUT2D eigenvalue weighted by atomic mass is 10.0. The number of rotatable bonds is 18. The van der Waals surface area contributed by atoms with Crippen molar-refractivity contribution in [1.29, 1.82) is 0 Å². The Morgan fingerprint density at radius 3 is 1.27 bits per heavy atom. The second kappa shape index (κ2) is 32.4. The number of nitrogens with zero attached hydrogens (tertiary/aromatic N) is 20. The maximum absolute atomic E-state index is 11.9. The summed E-state index contributed by atoms with van der Waals surface area (Å²) < 4.78 is 7.03. The fraction of sp³-hybridized carbons (Fsp3) is 0.557. The fourth-order valence-corrected chi connectivity index (χ4v) is 16.8. The van der Waals surface area contributed by atoms with Gasteiger partial charge in [0.05, 0.1) is 84.1 Å². The molecule has 4 aliphatic carbocycles. The summed E-state index contributed by atoms with van der Waals surface area (Å²) >= 11 is 19.0. The van der Waals surface area contributed by atoms with Gasteiger partial charge in [0.2, 0.25) is 41.3 Å². The van der Waals surface area contributed by atoms with Crippen LogP contribution in [-0.2, 0) is 37.8 Å². The van der Waals surface area contributed by atoms with E-state index in [2.05, 4.69) is 125 Å². The first-order chi connectivity index (χ1) is 50.2. The molecule has 4 saturated carbocycles. The lowest BCUT2D eigenvalue weighted by molar-refractivity contribution is -0.130. The molecule has 0 spiro atoms. The molecule has 4 saturated heterocycles. The summed E-state index contributed by atoms with van der Waals surface area (Å²) in [7, 11) is 9.60. The van der Waals surface area contributed by atoms with E-state index in [0.717, 1.165) is 142 Å². The number of aromatic nitrogens is 16. The van der Waals surface area contributed by atoms with E-state index < -0.39 is 0 Å². The molecule has 104 heavy (non-hydrogen) atoms. The number of carbonyl (C=O) groups is 2. The van der Waals surface area contributed by atoms with Gasteiger partial charge in [0, 0.05) is 117 Å². The van der Waals surface area contributed by atoms with Crippen molar-refractivity contribution in [1.82, 2.24) is 99.4 Å². The second-order valence-electron chi connectivity index (χ2n) is 28.9. The highest BCUT2D eigenvalue weighted by molar-refractivity contribution is 6.33. The molecule has 16 rings (SSSR count). The Morgan fingerprint density at radius 1 is 0.500 bits per heavy atom. The highest BCUT2D eigenvalue weighted by Gasteiger charge is 2.45. The van der Waals surface area contributed by atoms with Crippen LogP contribution in [0.15, 0.2) is 62.0 Å². The fourth-order valence-electron chi connectivity index (χ4n) is 16.2. The van der Waals surface area contributed by atoms with E-state index >= 15 is 0 Å². The summed E-state index contributed by atoms with van der Waals surface area (Å²) in [6.07, 6.45) is 27.1. The van der Waals surface area contributed by atoms with Crippen molar-refractivity contribution in [2.24, 2.45) is 75.5 Å². The molecule has 552 valence electrons. The van der Waals surface area contributed by atoms with Crippen LogP contribution in [0, 0.1) is 67.8 Å². The van der Waals surface area contributed by atoms with Gasteiger partial charge in [-0.3, -0.25) is 28.3 Å². The van der Waals surface area contributed by atoms with Gasteiger partial charge in [-0.1, -0.05) is 48.7 Å². The number of fused-ring (bicyclic) bond motifs is 4. The van der Waals surface area contributed by atoms with Crippen LogP contribution in [0.1, 0.15) is 89.4 Å². The summed E-state index contributed by atoms with van der Waals surface area (Å²) in [5, 5.41) is 48.5. The number of hydrogen-bond donors (Lipinski definition) is 9. The summed E-state index contributed by atoms with van der Waals surface area (Å²) in [5.74, 6) is 10.5. The molecule has 8 unspecified atom stereocenters. The van der Waals surface area contributed by atoms with Crippen molar-refractivity contribution in [3.63, 3.8) is 0 Å². The third kappa shape index (κ3) is 17.3. The topological polar surface area (TPSA) is 331 Å². The van der Waals surface area contributed by atoms with E-state index in [1.807, 2.05) is 82.8 Å². The van der Waals surface area contributed by atoms with Gasteiger partial charge in [0.25, 0.3) is 0 Å². The van der Waals surface area contributed by atoms with Gasteiger partial charge in [-0.25, -0.2) is 29.8 Å². The molecule has 8 aliphatic rings. The molecule has 0 aromatic carbocycles. The van der Waals surface area contributed by atoms with Gasteiger partial charge >= 0.3 is 0 Å². The number of likely N-dealkylation sites (tertiary alicyclic amines) is 2. The molecule has 2 amide bonds. The van der Waals surface area contributed by atoms with Crippen molar-refractivity contribution in [2.75, 3.05) is 102 Å². The minimum absolute atomic E-state index is 0.246. The van der Waals surface area contributed by atoms with Crippen molar-refractivity contribution >= 4 is 122 Å². The lowest BCUT2D eigenvalue weighted by Crippen LogP contribution is -2.32. The quantitative estimate of drug-likeness (QED) is 0.0361. The van der Waals surface area contributed by atoms with Crippen molar-refractivity contribution in [2.45, 2.75) is 116 Å². The average Bonchev–Trinajstić information content (AvgIpc) is 1.63. The van der Waals surface area contributed by atoms with Crippen LogP contribution in [-0.4, -0.2) is 184 Å². The smallest absolute Gasteiger partial charge is 0.246 e. The first-order valence-corrected chi connectivity index (χ1v) is 37.2. The summed E-state index contributed by atoms with van der Waals surface area (Å²) in [5.41, 5.74) is 5.85. The molecular weight excluding hydrogens is 1390 g/mol. The number of anilines is 12. The highest BCUT2D eigenvalue weighted by Crippen LogP contribution is 2.44. The predicted molar refractivity (Wildman–Crippen MR) is 404 cm³/mol. The number of carbonyl (C=O) groups excluding carboxylic acids is 2. The summed E-state index contributed by atoms with van der Waals surface area (Å²) in [6.45, 7) is 23.2. The second-order valence-corrected chi connectivity index (χ2v) is 30.1. The largest absolute Gasteiger partial charge is 0.376 e. The van der Waals surface area contributed by atoms with Crippen molar-refractivity contribution < 1.29 is 9.59 Å². The molecule has 31 nitrogen and oxygen atoms in total. The molecule has 9 N–H and O–H groups in total. The Bertz CT molecular complexity index is 4310. The van der Waals surface area contributed by atoms with Gasteiger partial charge in [-0.05, 0) is 139 Å². The average molecular weight is 1480 g/mol. The van der Waals surface area contributed by atoms with Gasteiger partial charge in [0.15, 0.2) is 17.5 Å². The van der Waals surface area contributed by atoms with E-state index in [-0.39, 0.29) is 17.9 Å². The molecular formula is C70H94Cl3N29O2. The highest BCUT2D eigenvalue weighted by atomic mass is 35.5. The molecule has 12 heterocycles. The number of amides is 2. The number of aryl methyl sites for hydroxylation is 4. The standard InChI is InChI=1S/C19H26ClN7O.C19H24N8O.2C16H22ClN7/c1-4-17(28)27-9-12-5-14(6-13(12)10-27)23-18-15(20)7-21-19(25-18)24-16-8-22-26(3)11(16)2;1-4-17(28)27-9-12-5-14(6-13(12)10-27)23-18-16(20-2)8-21-19(25-18)24-15-7-22-26(3)11-15;1-23-9-12(7-20-23)21-16-19-8-14(17)15(22-16)24(2)13-3-10-5-18-6-11(10)4-13;1-9-14(8-20-24(9)2)22-16-19-7-13(17)15(23-16)21-12-3-10-5-18-6-11(10)4-12/h7-8,12-14H,4-6,9-10H2,1-3H3,(H2,21,23,24,25);7-8,11-14H,4-6,9-10H2,1,3H3,(H2,21,23,24,25);7-11,13,18H,3-6H2,1-2H3,(H,19,21,22);7-8,10-12,18H,3-6H2,1-2H3,(H2,19,21,22,23). The van der Waals surface area contributed by atoms with Crippen LogP contribution >= 0.6 is 34.8 Å². The summed E-state index contributed by atoms with van der Waals surface area (Å²) in [6, 6.07) is 1.49. The van der Waals surface area contributed by atoms with Gasteiger partial charge in [0.1, 0.15) is 20.9 Å². The van der Waals surface area contributed by atoms with E-state index in [1.165, 1.54) is 25.7 Å².